The number of nitrogens with zero attached hydrogens (tertiary/aromatic N) is 1. The summed E-state index contributed by atoms with van der Waals surface area (Å²) in [5.74, 6) is 0.103. The van der Waals surface area contributed by atoms with E-state index in [1.807, 2.05) is 41.2 Å². The monoisotopic (exact) mass is 411 g/mol. The van der Waals surface area contributed by atoms with Crippen molar-refractivity contribution in [2.24, 2.45) is 0 Å². The van der Waals surface area contributed by atoms with Gasteiger partial charge in [0, 0.05) is 22.2 Å². The van der Waals surface area contributed by atoms with Crippen molar-refractivity contribution in [2.45, 2.75) is 32.7 Å². The fraction of sp³-hybridized carbons (Fsp3) is 0.294. The smallest absolute Gasteiger partial charge is 0.228 e. The fourth-order valence-electron chi connectivity index (χ4n) is 2.00. The number of pyridine rings is 1. The molecular formula is C17H19Br2NO. The van der Waals surface area contributed by atoms with Crippen LogP contribution < -0.4 is 21.5 Å². The third-order valence-corrected chi connectivity index (χ3v) is 3.95. The zero-order chi connectivity index (χ0) is 14.8. The van der Waals surface area contributed by atoms with E-state index in [2.05, 4.69) is 48.8 Å². The second-order valence-corrected chi connectivity index (χ2v) is 6.77. The minimum atomic E-state index is 0. The first-order valence-corrected chi connectivity index (χ1v) is 7.44. The summed E-state index contributed by atoms with van der Waals surface area (Å²) in [6.45, 7) is 6.89. The van der Waals surface area contributed by atoms with Crippen LogP contribution in [-0.2, 0) is 12.0 Å². The van der Waals surface area contributed by atoms with Crippen molar-refractivity contribution in [1.82, 2.24) is 0 Å². The summed E-state index contributed by atoms with van der Waals surface area (Å²) < 4.78 is 2.76. The van der Waals surface area contributed by atoms with Crippen molar-refractivity contribution in [3.05, 3.63) is 64.4 Å². The first kappa shape index (κ1) is 18.1. The zero-order valence-electron chi connectivity index (χ0n) is 12.4. The fourth-order valence-corrected chi connectivity index (χ4v) is 2.51. The highest BCUT2D eigenvalue weighted by Gasteiger charge is 2.17. The average Bonchev–Trinajstić information content (AvgIpc) is 2.38. The molecule has 1 heterocycles. The molecule has 0 bridgehead atoms. The van der Waals surface area contributed by atoms with Crippen molar-refractivity contribution >= 4 is 21.7 Å². The topological polar surface area (TPSA) is 20.9 Å². The Morgan fingerprint density at radius 3 is 2.19 bits per heavy atom. The summed E-state index contributed by atoms with van der Waals surface area (Å²) in [4.78, 5) is 12.3. The van der Waals surface area contributed by atoms with Gasteiger partial charge in [-0.3, -0.25) is 4.79 Å². The molecule has 4 heteroatoms. The number of aromatic nitrogens is 1. The molecule has 2 aromatic rings. The van der Waals surface area contributed by atoms with Crippen molar-refractivity contribution in [3.63, 3.8) is 0 Å². The van der Waals surface area contributed by atoms with Crippen LogP contribution in [0.15, 0.2) is 53.3 Å². The highest BCUT2D eigenvalue weighted by atomic mass is 79.9. The van der Waals surface area contributed by atoms with Crippen LogP contribution in [0.5, 0.6) is 0 Å². The Balaban J connectivity index is 0.00000220. The second kappa shape index (κ2) is 7.32. The van der Waals surface area contributed by atoms with Crippen LogP contribution in [-0.4, -0.2) is 5.78 Å². The maximum Gasteiger partial charge on any atom is 0.228 e. The van der Waals surface area contributed by atoms with Gasteiger partial charge in [-0.05, 0) is 17.0 Å². The first-order chi connectivity index (χ1) is 9.38. The maximum atomic E-state index is 12.3. The Morgan fingerprint density at radius 1 is 1.10 bits per heavy atom. The number of halogens is 2. The number of carbonyl (C=O) groups is 1. The van der Waals surface area contributed by atoms with Crippen LogP contribution >= 0.6 is 15.9 Å². The number of rotatable bonds is 3. The van der Waals surface area contributed by atoms with Crippen molar-refractivity contribution < 1.29 is 26.3 Å². The number of hydrogen-bond acceptors (Lipinski definition) is 1. The van der Waals surface area contributed by atoms with E-state index in [0.29, 0.717) is 6.54 Å². The number of Topliss-reactive ketones (excluding diaryl/α,β-unsaturated/α-hetero) is 1. The molecule has 112 valence electrons. The van der Waals surface area contributed by atoms with Gasteiger partial charge in [-0.1, -0.05) is 54.9 Å². The van der Waals surface area contributed by atoms with Gasteiger partial charge in [0.25, 0.3) is 0 Å². The largest absolute Gasteiger partial charge is 1.00 e. The van der Waals surface area contributed by atoms with Gasteiger partial charge in [0.2, 0.25) is 12.3 Å². The summed E-state index contributed by atoms with van der Waals surface area (Å²) in [7, 11) is 0. The van der Waals surface area contributed by atoms with Gasteiger partial charge in [-0.15, -0.1) is 0 Å². The lowest BCUT2D eigenvalue weighted by atomic mass is 9.88. The Kier molecular flexibility index (Phi) is 6.29. The molecular weight excluding hydrogens is 394 g/mol. The molecule has 0 aliphatic rings. The number of ketones is 1. The molecule has 0 radical (unpaired) electrons. The molecule has 0 aliphatic carbocycles. The summed E-state index contributed by atoms with van der Waals surface area (Å²) in [6.07, 6.45) is 3.94. The molecule has 0 amide bonds. The molecule has 0 fully saturated rings. The van der Waals surface area contributed by atoms with Crippen LogP contribution in [0, 0.1) is 0 Å². The summed E-state index contributed by atoms with van der Waals surface area (Å²) in [6, 6.07) is 11.7. The van der Waals surface area contributed by atoms with Crippen LogP contribution in [0.2, 0.25) is 0 Å². The molecule has 0 saturated heterocycles. The molecule has 1 aromatic heterocycles. The van der Waals surface area contributed by atoms with Gasteiger partial charge >= 0.3 is 0 Å². The van der Waals surface area contributed by atoms with Crippen LogP contribution in [0.3, 0.4) is 0 Å². The molecule has 2 rings (SSSR count). The van der Waals surface area contributed by atoms with E-state index < -0.39 is 0 Å². The molecule has 0 atom stereocenters. The van der Waals surface area contributed by atoms with E-state index in [-0.39, 0.29) is 28.2 Å². The predicted octanol–water partition coefficient (Wildman–Crippen LogP) is 0.921. The summed E-state index contributed by atoms with van der Waals surface area (Å²) >= 11 is 3.42. The summed E-state index contributed by atoms with van der Waals surface area (Å²) in [5, 5.41) is 0. The lowest BCUT2D eigenvalue weighted by molar-refractivity contribution is -0.683. The molecule has 1 aromatic carbocycles. The van der Waals surface area contributed by atoms with E-state index in [0.717, 1.165) is 10.0 Å². The van der Waals surface area contributed by atoms with Gasteiger partial charge in [-0.2, -0.15) is 4.57 Å². The molecule has 21 heavy (non-hydrogen) atoms. The Bertz CT molecular complexity index is 615. The van der Waals surface area contributed by atoms with E-state index in [4.69, 9.17) is 0 Å². The third-order valence-electron chi connectivity index (χ3n) is 3.26. The highest BCUT2D eigenvalue weighted by molar-refractivity contribution is 9.10. The van der Waals surface area contributed by atoms with Crippen LogP contribution in [0.4, 0.5) is 0 Å². The number of carbonyl (C=O) groups excluding carboxylic acids is 1. The molecule has 0 spiro atoms. The van der Waals surface area contributed by atoms with Crippen LogP contribution in [0.25, 0.3) is 0 Å². The lowest BCUT2D eigenvalue weighted by Gasteiger charge is -2.17. The Morgan fingerprint density at radius 2 is 1.67 bits per heavy atom. The molecule has 0 aliphatic heterocycles. The third kappa shape index (κ3) is 4.75. The Labute approximate surface area is 145 Å². The minimum absolute atomic E-state index is 0. The van der Waals surface area contributed by atoms with Gasteiger partial charge in [0.1, 0.15) is 0 Å². The molecule has 2 nitrogen and oxygen atoms in total. The standard InChI is InChI=1S/C17H19BrNO.BrH/c1-17(2,3)13-8-10-19(11-9-13)12-16(20)14-6-4-5-7-15(14)18;/h4-11H,12H2,1-3H3;1H/q+1;/p-1. The van der Waals surface area contributed by atoms with E-state index in [9.17, 15) is 4.79 Å². The highest BCUT2D eigenvalue weighted by Crippen LogP contribution is 2.20. The quantitative estimate of drug-likeness (QED) is 0.542. The Hall–Kier alpha value is -1.000. The molecule has 0 saturated carbocycles. The van der Waals surface area contributed by atoms with Gasteiger partial charge in [-0.25, -0.2) is 0 Å². The second-order valence-electron chi connectivity index (χ2n) is 5.91. The minimum Gasteiger partial charge on any atom is -1.00 e. The lowest BCUT2D eigenvalue weighted by Crippen LogP contribution is -3.00. The van der Waals surface area contributed by atoms with Crippen molar-refractivity contribution in [2.75, 3.05) is 0 Å². The molecule has 0 N–H and O–H groups in total. The van der Waals surface area contributed by atoms with Gasteiger partial charge < -0.3 is 17.0 Å². The van der Waals surface area contributed by atoms with E-state index in [1.165, 1.54) is 5.56 Å². The van der Waals surface area contributed by atoms with Gasteiger partial charge in [0.05, 0.1) is 0 Å². The first-order valence-electron chi connectivity index (χ1n) is 6.65. The number of hydrogen-bond donors (Lipinski definition) is 0. The van der Waals surface area contributed by atoms with Crippen LogP contribution in [0.1, 0.15) is 36.7 Å². The molecule has 0 unspecified atom stereocenters. The summed E-state index contributed by atoms with van der Waals surface area (Å²) in [5.41, 5.74) is 2.12. The van der Waals surface area contributed by atoms with E-state index in [1.54, 1.807) is 0 Å². The number of benzene rings is 1. The SMILES string of the molecule is CC(C)(C)c1cc[n+](CC(=O)c2ccccc2Br)cc1.[Br-]. The maximum absolute atomic E-state index is 12.3. The van der Waals surface area contributed by atoms with Crippen molar-refractivity contribution in [1.29, 1.82) is 0 Å². The average molecular weight is 413 g/mol. The van der Waals surface area contributed by atoms with Gasteiger partial charge in [0.15, 0.2) is 12.4 Å². The predicted molar refractivity (Wildman–Crippen MR) is 83.8 cm³/mol. The zero-order valence-corrected chi connectivity index (χ0v) is 15.6. The van der Waals surface area contributed by atoms with Crippen molar-refractivity contribution in [3.8, 4) is 0 Å². The van der Waals surface area contributed by atoms with E-state index >= 15 is 0 Å². The normalized spacial score (nSPS) is 10.9.